The first kappa shape index (κ1) is 15.0. The summed E-state index contributed by atoms with van der Waals surface area (Å²) in [5.74, 6) is -3.06. The van der Waals surface area contributed by atoms with Crippen LogP contribution in [0.3, 0.4) is 0 Å². The third-order valence-electron chi connectivity index (χ3n) is 2.13. The average molecular weight is 327 g/mol. The minimum atomic E-state index is -3.06. The molecule has 0 aliphatic carbocycles. The number of aliphatic hydroxyl groups is 1. The van der Waals surface area contributed by atoms with Crippen molar-refractivity contribution in [1.29, 1.82) is 0 Å². The van der Waals surface area contributed by atoms with Gasteiger partial charge >= 0.3 is 0 Å². The van der Waals surface area contributed by atoms with E-state index >= 15 is 0 Å². The van der Waals surface area contributed by atoms with Crippen LogP contribution < -0.4 is 16.6 Å². The molecule has 0 saturated carbocycles. The zero-order valence-corrected chi connectivity index (χ0v) is 11.0. The largest absolute Gasteiger partial charge is 0.394 e. The normalized spacial score (nSPS) is 11.6. The summed E-state index contributed by atoms with van der Waals surface area (Å²) >= 11 is 3.00. The molecule has 1 aromatic rings. The molecule has 0 amide bonds. The van der Waals surface area contributed by atoms with Crippen LogP contribution in [0.25, 0.3) is 0 Å². The number of hydrogen-bond donors (Lipinski definition) is 3. The van der Waals surface area contributed by atoms with Crippen LogP contribution in [0.4, 0.5) is 14.5 Å². The van der Waals surface area contributed by atoms with Crippen LogP contribution in [0.2, 0.25) is 0 Å². The van der Waals surface area contributed by atoms with Crippen molar-refractivity contribution in [3.8, 4) is 0 Å². The summed E-state index contributed by atoms with van der Waals surface area (Å²) in [6.45, 7) is -1.67. The number of hydrogen-bond acceptors (Lipinski definition) is 5. The van der Waals surface area contributed by atoms with Crippen molar-refractivity contribution in [3.63, 3.8) is 0 Å². The number of nitrogens with zero attached hydrogens (tertiary/aromatic N) is 2. The van der Waals surface area contributed by atoms with Gasteiger partial charge in [0.05, 0.1) is 38.1 Å². The van der Waals surface area contributed by atoms with Crippen molar-refractivity contribution in [2.75, 3.05) is 25.0 Å². The third kappa shape index (κ3) is 3.72. The Bertz CT molecular complexity index is 466. The maximum absolute atomic E-state index is 12.9. The Morgan fingerprint density at radius 3 is 2.83 bits per heavy atom. The van der Waals surface area contributed by atoms with Gasteiger partial charge in [0.2, 0.25) is 0 Å². The topological polar surface area (TPSA) is 93.2 Å². The fraction of sp³-hybridized carbons (Fsp3) is 0.556. The van der Waals surface area contributed by atoms with Crippen LogP contribution >= 0.6 is 15.9 Å². The van der Waals surface area contributed by atoms with Gasteiger partial charge in [0.25, 0.3) is 11.5 Å². The molecular formula is C9H13BrF2N4O2. The van der Waals surface area contributed by atoms with Gasteiger partial charge in [-0.1, -0.05) is 0 Å². The lowest BCUT2D eigenvalue weighted by molar-refractivity contribution is 0.0253. The lowest BCUT2D eigenvalue weighted by atomic mass is 10.3. The Balaban J connectivity index is 2.86. The number of aliphatic hydroxyl groups excluding tert-OH is 1. The number of alkyl halides is 2. The minimum absolute atomic E-state index is 0.0384. The molecule has 0 fully saturated rings. The molecule has 0 radical (unpaired) electrons. The number of nitrogens with one attached hydrogen (secondary N) is 1. The van der Waals surface area contributed by atoms with Gasteiger partial charge in [0, 0.05) is 0 Å². The maximum Gasteiger partial charge on any atom is 0.283 e. The molecule has 6 nitrogen and oxygen atoms in total. The molecule has 0 bridgehead atoms. The third-order valence-corrected chi connectivity index (χ3v) is 2.90. The molecule has 18 heavy (non-hydrogen) atoms. The highest BCUT2D eigenvalue weighted by atomic mass is 79.9. The van der Waals surface area contributed by atoms with Gasteiger partial charge in [-0.05, 0) is 15.9 Å². The lowest BCUT2D eigenvalue weighted by Gasteiger charge is -2.16. The number of rotatable bonds is 6. The predicted octanol–water partition coefficient (Wildman–Crippen LogP) is 0.00400. The molecule has 0 unspecified atom stereocenters. The average Bonchev–Trinajstić information content (AvgIpc) is 2.34. The number of halogens is 3. The monoisotopic (exact) mass is 326 g/mol. The minimum Gasteiger partial charge on any atom is -0.394 e. The summed E-state index contributed by atoms with van der Waals surface area (Å²) < 4.78 is 27.0. The summed E-state index contributed by atoms with van der Waals surface area (Å²) in [6.07, 6.45) is 1.23. The second kappa shape index (κ2) is 6.21. The van der Waals surface area contributed by atoms with Gasteiger partial charge in [-0.3, -0.25) is 4.79 Å². The Kier molecular flexibility index (Phi) is 5.17. The zero-order chi connectivity index (χ0) is 13.8. The summed E-state index contributed by atoms with van der Waals surface area (Å²) in [7, 11) is 0. The quantitative estimate of drug-likeness (QED) is 0.684. The van der Waals surface area contributed by atoms with E-state index < -0.39 is 24.6 Å². The van der Waals surface area contributed by atoms with E-state index in [2.05, 4.69) is 26.3 Å². The lowest BCUT2D eigenvalue weighted by Crippen LogP contribution is -2.36. The molecular weight excluding hydrogens is 314 g/mol. The van der Waals surface area contributed by atoms with Crippen molar-refractivity contribution < 1.29 is 13.9 Å². The molecule has 1 rings (SSSR count). The second-order valence-corrected chi connectivity index (χ2v) is 4.33. The molecule has 4 N–H and O–H groups in total. The highest BCUT2D eigenvalue weighted by Gasteiger charge is 2.26. The van der Waals surface area contributed by atoms with Crippen molar-refractivity contribution in [3.05, 3.63) is 21.0 Å². The molecule has 102 valence electrons. The van der Waals surface area contributed by atoms with Crippen LogP contribution in [-0.2, 0) is 6.54 Å². The standard InChI is InChI=1S/C9H13BrF2N4O2/c10-7-6(14-5-9(11,12)4-13)3-15-16(1-2-17)8(7)18/h3,14,17H,1-2,4-5,13H2. The highest BCUT2D eigenvalue weighted by Crippen LogP contribution is 2.18. The van der Waals surface area contributed by atoms with E-state index in [0.29, 0.717) is 0 Å². The summed E-state index contributed by atoms with van der Waals surface area (Å²) in [5, 5.41) is 14.8. The van der Waals surface area contributed by atoms with Gasteiger partial charge < -0.3 is 16.2 Å². The Morgan fingerprint density at radius 1 is 1.61 bits per heavy atom. The van der Waals surface area contributed by atoms with Crippen LogP contribution in [0.5, 0.6) is 0 Å². The molecule has 1 heterocycles. The van der Waals surface area contributed by atoms with E-state index in [1.54, 1.807) is 0 Å². The van der Waals surface area contributed by atoms with Gasteiger partial charge in [0.1, 0.15) is 4.47 Å². The van der Waals surface area contributed by atoms with Gasteiger partial charge in [-0.25, -0.2) is 13.5 Å². The van der Waals surface area contributed by atoms with Gasteiger partial charge in [0.15, 0.2) is 0 Å². The van der Waals surface area contributed by atoms with E-state index in [-0.39, 0.29) is 23.3 Å². The first-order valence-electron chi connectivity index (χ1n) is 5.09. The molecule has 0 aromatic carbocycles. The van der Waals surface area contributed by atoms with Crippen LogP contribution in [-0.4, -0.2) is 40.5 Å². The highest BCUT2D eigenvalue weighted by molar-refractivity contribution is 9.10. The first-order valence-corrected chi connectivity index (χ1v) is 5.89. The van der Waals surface area contributed by atoms with Gasteiger partial charge in [-0.2, -0.15) is 5.10 Å². The van der Waals surface area contributed by atoms with Crippen LogP contribution in [0.15, 0.2) is 15.5 Å². The van der Waals surface area contributed by atoms with E-state index in [1.807, 2.05) is 0 Å². The smallest absolute Gasteiger partial charge is 0.283 e. The maximum atomic E-state index is 12.9. The fourth-order valence-corrected chi connectivity index (χ4v) is 1.59. The van der Waals surface area contributed by atoms with Crippen LogP contribution in [0.1, 0.15) is 0 Å². The Labute approximate surface area is 110 Å². The van der Waals surface area contributed by atoms with Crippen molar-refractivity contribution in [2.45, 2.75) is 12.5 Å². The molecule has 0 aliphatic rings. The molecule has 0 spiro atoms. The van der Waals surface area contributed by atoms with Gasteiger partial charge in [-0.15, -0.1) is 0 Å². The Morgan fingerprint density at radius 2 is 2.28 bits per heavy atom. The van der Waals surface area contributed by atoms with Crippen molar-refractivity contribution in [1.82, 2.24) is 9.78 Å². The molecule has 9 heteroatoms. The van der Waals surface area contributed by atoms with E-state index in [1.165, 1.54) is 6.20 Å². The number of nitrogens with two attached hydrogens (primary N) is 1. The van der Waals surface area contributed by atoms with Crippen LogP contribution in [0, 0.1) is 0 Å². The second-order valence-electron chi connectivity index (χ2n) is 3.54. The molecule has 0 aliphatic heterocycles. The predicted molar refractivity (Wildman–Crippen MR) is 65.8 cm³/mol. The summed E-state index contributed by atoms with van der Waals surface area (Å²) in [6, 6.07) is 0. The van der Waals surface area contributed by atoms with E-state index in [9.17, 15) is 13.6 Å². The molecule has 0 atom stereocenters. The summed E-state index contributed by atoms with van der Waals surface area (Å²) in [5.41, 5.74) is 4.54. The number of anilines is 1. The molecule has 0 saturated heterocycles. The van der Waals surface area contributed by atoms with E-state index in [0.717, 1.165) is 4.68 Å². The fourth-order valence-electron chi connectivity index (χ4n) is 1.14. The van der Waals surface area contributed by atoms with Crippen molar-refractivity contribution in [2.24, 2.45) is 5.73 Å². The van der Waals surface area contributed by atoms with Crippen molar-refractivity contribution >= 4 is 21.6 Å². The first-order chi connectivity index (χ1) is 8.41. The van der Waals surface area contributed by atoms with E-state index in [4.69, 9.17) is 10.8 Å². The zero-order valence-electron chi connectivity index (χ0n) is 9.37. The summed E-state index contributed by atoms with van der Waals surface area (Å²) in [4.78, 5) is 11.7. The number of aromatic nitrogens is 2. The Hall–Kier alpha value is -1.06. The molecule has 1 aromatic heterocycles. The SMILES string of the molecule is NCC(F)(F)CNc1cnn(CCO)c(=O)c1Br.